The lowest BCUT2D eigenvalue weighted by Crippen LogP contribution is -2.30. The van der Waals surface area contributed by atoms with Crippen LogP contribution in [-0.4, -0.2) is 23.6 Å². The van der Waals surface area contributed by atoms with Crippen molar-refractivity contribution in [2.45, 2.75) is 159 Å². The summed E-state index contributed by atoms with van der Waals surface area (Å²) < 4.78 is 16.8. The van der Waals surface area contributed by atoms with Gasteiger partial charge in [-0.2, -0.15) is 0 Å². The van der Waals surface area contributed by atoms with E-state index in [-0.39, 0.29) is 5.41 Å². The van der Waals surface area contributed by atoms with E-state index in [0.29, 0.717) is 16.2 Å². The Morgan fingerprint density at radius 3 is 1.14 bits per heavy atom. The zero-order chi connectivity index (χ0) is 42.7. The minimum Gasteiger partial charge on any atom is -0.240 e. The van der Waals surface area contributed by atoms with Gasteiger partial charge in [-0.15, -0.1) is 9.36 Å². The first-order valence-corrected chi connectivity index (χ1v) is 21.5. The molecule has 9 heteroatoms. The third-order valence-corrected chi connectivity index (χ3v) is 9.96. The molecule has 4 aromatic heterocycles. The van der Waals surface area contributed by atoms with Crippen molar-refractivity contribution in [2.24, 2.45) is 44.4 Å². The Labute approximate surface area is 349 Å². The van der Waals surface area contributed by atoms with Gasteiger partial charge in [-0.25, -0.2) is 27.4 Å². The smallest absolute Gasteiger partial charge is 0.240 e. The lowest BCUT2D eigenvalue weighted by molar-refractivity contribution is -0.732. The van der Waals surface area contributed by atoms with E-state index in [1.54, 1.807) is 0 Å². The van der Waals surface area contributed by atoms with Crippen LogP contribution < -0.4 is 18.4 Å². The molecule has 5 aromatic rings. The molecule has 0 radical (unpaired) electrons. The molecule has 0 unspecified atom stereocenters. The number of hydrogen-bond acceptors (Lipinski definition) is 1. The normalized spacial score (nSPS) is 11.9. The Hall–Kier alpha value is -4.01. The highest BCUT2D eigenvalue weighted by atomic mass is 15.5. The van der Waals surface area contributed by atoms with Gasteiger partial charge in [-0.1, -0.05) is 106 Å². The molecular weight excluding hydrogens is 703 g/mol. The first-order valence-electron chi connectivity index (χ1n) is 21.5. The maximum absolute atomic E-state index is 4.26. The number of aromatic nitrogens is 9. The Morgan fingerprint density at radius 1 is 0.456 bits per heavy atom. The van der Waals surface area contributed by atoms with Gasteiger partial charge in [0.1, 0.15) is 50.8 Å². The van der Waals surface area contributed by atoms with E-state index in [2.05, 4.69) is 216 Å². The van der Waals surface area contributed by atoms with Crippen molar-refractivity contribution in [3.05, 3.63) is 104 Å². The van der Waals surface area contributed by atoms with Gasteiger partial charge in [0.2, 0.25) is 19.0 Å². The fourth-order valence-electron chi connectivity index (χ4n) is 6.53. The summed E-state index contributed by atoms with van der Waals surface area (Å²) >= 11 is 0. The van der Waals surface area contributed by atoms with Crippen molar-refractivity contribution < 1.29 is 18.4 Å². The van der Waals surface area contributed by atoms with Gasteiger partial charge in [-0.3, -0.25) is 0 Å². The lowest BCUT2D eigenvalue weighted by Gasteiger charge is -2.24. The Balaban J connectivity index is 0.000000266. The monoisotopic (exact) mass is 788 g/mol. The van der Waals surface area contributed by atoms with E-state index in [1.165, 1.54) is 56.9 Å². The zero-order valence-electron chi connectivity index (χ0n) is 39.2. The maximum Gasteiger partial charge on any atom is 0.243 e. The number of aryl methyl sites for hydroxylation is 8. The van der Waals surface area contributed by atoms with Crippen LogP contribution in [0.15, 0.2) is 98.9 Å². The van der Waals surface area contributed by atoms with Gasteiger partial charge < -0.3 is 0 Å². The van der Waals surface area contributed by atoms with Crippen LogP contribution in [0.3, 0.4) is 0 Å². The van der Waals surface area contributed by atoms with Crippen LogP contribution in [0.25, 0.3) is 0 Å². The molecule has 0 saturated heterocycles. The van der Waals surface area contributed by atoms with Crippen LogP contribution in [0, 0.1) is 16.2 Å². The molecular formula is C48H85N9+4. The molecule has 0 N–H and O–H groups in total. The summed E-state index contributed by atoms with van der Waals surface area (Å²) in [5, 5.41) is 4.26. The summed E-state index contributed by atoms with van der Waals surface area (Å²) in [6.07, 6.45) is 33.0. The quantitative estimate of drug-likeness (QED) is 0.104. The largest absolute Gasteiger partial charge is 0.243 e. The minimum atomic E-state index is 0.261. The summed E-state index contributed by atoms with van der Waals surface area (Å²) in [6.45, 7) is 29.6. The standard InChI is InChI=1S/C16H23N2.2C11H21N2.C10H20N3/c1-16(2,15-8-5-4-6-9-15)10-7-11-18-13-12-17(3)14-18;2*1-11(2,3)6-5-7-13-9-8-12(4)10-13;1-10(2,3)6-5-7-13-9-8-12(4)11-13/h4-6,8-9,12-14H,7,10-11H2,1-3H3;2*8-10H,5-7H2,1-4H3;8-9H,5-7H2,1-4H3/q4*+1. The molecule has 0 aliphatic heterocycles. The minimum absolute atomic E-state index is 0.261. The Kier molecular flexibility index (Phi) is 20.2. The van der Waals surface area contributed by atoms with Crippen LogP contribution in [-0.2, 0) is 59.8 Å². The second-order valence-electron chi connectivity index (χ2n) is 20.4. The average Bonchev–Trinajstić information content (AvgIpc) is 3.91. The molecule has 4 heterocycles. The first-order chi connectivity index (χ1) is 26.5. The van der Waals surface area contributed by atoms with Crippen molar-refractivity contribution in [1.29, 1.82) is 0 Å². The molecule has 57 heavy (non-hydrogen) atoms. The molecule has 0 aliphatic carbocycles. The summed E-state index contributed by atoms with van der Waals surface area (Å²) in [5.74, 6) is 0. The third kappa shape index (κ3) is 23.7. The number of benzene rings is 1. The molecule has 0 bridgehead atoms. The molecule has 9 nitrogen and oxygen atoms in total. The van der Waals surface area contributed by atoms with Crippen molar-refractivity contribution in [1.82, 2.24) is 23.6 Å². The van der Waals surface area contributed by atoms with E-state index >= 15 is 0 Å². The molecule has 0 aliphatic rings. The number of imidazole rings is 3. The van der Waals surface area contributed by atoms with Gasteiger partial charge >= 0.3 is 0 Å². The lowest BCUT2D eigenvalue weighted by atomic mass is 9.80. The molecule has 0 amide bonds. The predicted molar refractivity (Wildman–Crippen MR) is 235 cm³/mol. The Bertz CT molecular complexity index is 1630. The molecule has 0 fully saturated rings. The van der Waals surface area contributed by atoms with Crippen LogP contribution >= 0.6 is 0 Å². The second kappa shape index (κ2) is 23.4. The Morgan fingerprint density at radius 2 is 0.825 bits per heavy atom. The SMILES string of the molecule is C[n+]1ccn(CCCC(C)(C)C)c1.C[n+]1ccn(CCCC(C)(C)C)c1.C[n+]1ccn(CCCC(C)(C)C)n1.C[n+]1ccn(CCCC(C)(C)c2ccccc2)c1. The van der Waals surface area contributed by atoms with Crippen LogP contribution in [0.4, 0.5) is 0 Å². The highest BCUT2D eigenvalue weighted by molar-refractivity contribution is 5.23. The van der Waals surface area contributed by atoms with Crippen molar-refractivity contribution in [3.63, 3.8) is 0 Å². The van der Waals surface area contributed by atoms with E-state index < -0.39 is 0 Å². The van der Waals surface area contributed by atoms with Gasteiger partial charge in [0.25, 0.3) is 0 Å². The van der Waals surface area contributed by atoms with Crippen molar-refractivity contribution in [3.8, 4) is 0 Å². The van der Waals surface area contributed by atoms with Crippen LogP contribution in [0.2, 0.25) is 0 Å². The molecule has 1 aromatic carbocycles. The molecule has 0 atom stereocenters. The third-order valence-electron chi connectivity index (χ3n) is 9.96. The van der Waals surface area contributed by atoms with E-state index in [1.807, 2.05) is 28.8 Å². The van der Waals surface area contributed by atoms with Gasteiger partial charge in [0, 0.05) is 0 Å². The molecule has 318 valence electrons. The van der Waals surface area contributed by atoms with Crippen LogP contribution in [0.5, 0.6) is 0 Å². The first kappa shape index (κ1) is 49.1. The average molecular weight is 788 g/mol. The zero-order valence-corrected chi connectivity index (χ0v) is 39.2. The molecule has 0 spiro atoms. The van der Waals surface area contributed by atoms with E-state index in [9.17, 15) is 0 Å². The fourth-order valence-corrected chi connectivity index (χ4v) is 6.53. The highest BCUT2D eigenvalue weighted by Crippen LogP contribution is 2.28. The molecule has 5 rings (SSSR count). The fraction of sp³-hybridized carbons (Fsp3) is 0.646. The summed E-state index contributed by atoms with van der Waals surface area (Å²) in [5.41, 5.74) is 3.07. The second-order valence-corrected chi connectivity index (χ2v) is 20.4. The van der Waals surface area contributed by atoms with Crippen molar-refractivity contribution in [2.75, 3.05) is 0 Å². The summed E-state index contributed by atoms with van der Waals surface area (Å²) in [4.78, 5) is 0. The maximum atomic E-state index is 4.26. The number of rotatable bonds is 14. The van der Waals surface area contributed by atoms with Gasteiger partial charge in [0.15, 0.2) is 12.4 Å². The van der Waals surface area contributed by atoms with Crippen LogP contribution in [0.1, 0.15) is 133 Å². The van der Waals surface area contributed by atoms with Crippen molar-refractivity contribution >= 4 is 0 Å². The van der Waals surface area contributed by atoms with E-state index in [4.69, 9.17) is 0 Å². The summed E-state index contributed by atoms with van der Waals surface area (Å²) in [7, 11) is 8.12. The molecule has 0 saturated carbocycles. The predicted octanol–water partition coefficient (Wildman–Crippen LogP) is 8.88. The summed E-state index contributed by atoms with van der Waals surface area (Å²) in [6, 6.07) is 10.8. The number of hydrogen-bond donors (Lipinski definition) is 0. The van der Waals surface area contributed by atoms with Gasteiger partial charge in [0.05, 0.1) is 46.0 Å². The topological polar surface area (TPSA) is 48.1 Å². The van der Waals surface area contributed by atoms with Gasteiger partial charge in [-0.05, 0) is 78.6 Å². The highest BCUT2D eigenvalue weighted by Gasteiger charge is 2.20. The van der Waals surface area contributed by atoms with E-state index in [0.717, 1.165) is 26.2 Å². The number of nitrogens with zero attached hydrogens (tertiary/aromatic N) is 9.